The molecule has 4 heterocycles. The van der Waals surface area contributed by atoms with Crippen LogP contribution in [-0.2, 0) is 19.7 Å². The maximum Gasteiger partial charge on any atom is 0.310 e. The zero-order valence-corrected chi connectivity index (χ0v) is 17.2. The summed E-state index contributed by atoms with van der Waals surface area (Å²) in [5.41, 5.74) is 2.25. The topological polar surface area (TPSA) is 69.3 Å². The van der Waals surface area contributed by atoms with Gasteiger partial charge in [0.25, 0.3) is 0 Å². The highest BCUT2D eigenvalue weighted by Gasteiger charge is 2.82. The van der Waals surface area contributed by atoms with Crippen molar-refractivity contribution < 1.29 is 23.7 Å². The summed E-state index contributed by atoms with van der Waals surface area (Å²) in [5, 5.41) is 3.72. The number of ether oxygens (including phenoxy) is 4. The van der Waals surface area contributed by atoms with Crippen molar-refractivity contribution in [3.05, 3.63) is 29.3 Å². The van der Waals surface area contributed by atoms with Crippen LogP contribution >= 0.6 is 0 Å². The Kier molecular flexibility index (Phi) is 3.31. The summed E-state index contributed by atoms with van der Waals surface area (Å²) in [6.45, 7) is 2.92. The van der Waals surface area contributed by atoms with E-state index in [2.05, 4.69) is 23.2 Å². The fourth-order valence-corrected chi connectivity index (χ4v) is 7.12. The van der Waals surface area contributed by atoms with E-state index in [4.69, 9.17) is 18.9 Å². The molecule has 1 saturated carbocycles. The lowest BCUT2D eigenvalue weighted by molar-refractivity contribution is -0.161. The Hall–Kier alpha value is -2.25. The molecule has 6 atom stereocenters. The Morgan fingerprint density at radius 3 is 2.72 bits per heavy atom. The number of carbonyl (C=O) groups is 1. The highest BCUT2D eigenvalue weighted by Crippen LogP contribution is 2.72. The molecule has 5 aliphatic rings. The molecule has 29 heavy (non-hydrogen) atoms. The van der Waals surface area contributed by atoms with Gasteiger partial charge in [0.1, 0.15) is 6.23 Å². The van der Waals surface area contributed by atoms with Crippen molar-refractivity contribution in [2.45, 2.75) is 43.2 Å². The van der Waals surface area contributed by atoms with E-state index in [-0.39, 0.29) is 30.1 Å². The number of nitrogens with one attached hydrogen (secondary N) is 1. The normalized spacial score (nSPS) is 41.9. The minimum Gasteiger partial charge on any atom is -0.493 e. The number of piperidine rings is 2. The molecule has 1 aromatic carbocycles. The molecular formula is C22H26N2O5. The first-order valence-corrected chi connectivity index (χ1v) is 10.3. The van der Waals surface area contributed by atoms with Crippen LogP contribution in [-0.4, -0.2) is 56.7 Å². The van der Waals surface area contributed by atoms with Crippen LogP contribution < -0.4 is 14.8 Å². The lowest BCUT2D eigenvalue weighted by Gasteiger charge is -2.60. The van der Waals surface area contributed by atoms with Gasteiger partial charge in [0.05, 0.1) is 38.7 Å². The number of benzene rings is 1. The van der Waals surface area contributed by atoms with Gasteiger partial charge in [-0.2, -0.15) is 0 Å². The van der Waals surface area contributed by atoms with E-state index >= 15 is 0 Å². The number of nitrogens with zero attached hydrogens (tertiary/aromatic N) is 1. The molecule has 3 saturated heterocycles. The predicted molar refractivity (Wildman–Crippen MR) is 105 cm³/mol. The molecule has 6 rings (SSSR count). The predicted octanol–water partition coefficient (Wildman–Crippen LogP) is 2.26. The number of allylic oxidation sites excluding steroid dienone is 1. The van der Waals surface area contributed by atoms with Gasteiger partial charge < -0.3 is 24.3 Å². The van der Waals surface area contributed by atoms with Gasteiger partial charge in [0, 0.05) is 24.7 Å². The number of carbonyl (C=O) groups excluding carboxylic acids is 1. The van der Waals surface area contributed by atoms with Crippen molar-refractivity contribution in [2.24, 2.45) is 11.8 Å². The number of rotatable bonds is 3. The minimum absolute atomic E-state index is 0.00268. The van der Waals surface area contributed by atoms with E-state index in [0.717, 1.165) is 30.6 Å². The fourth-order valence-electron chi connectivity index (χ4n) is 7.12. The molecule has 1 N–H and O–H groups in total. The van der Waals surface area contributed by atoms with Gasteiger partial charge in [-0.1, -0.05) is 11.6 Å². The Labute approximate surface area is 169 Å². The first-order chi connectivity index (χ1) is 14.0. The Bertz CT molecular complexity index is 961. The van der Waals surface area contributed by atoms with E-state index in [0.29, 0.717) is 11.5 Å². The second-order valence-corrected chi connectivity index (χ2v) is 8.76. The average molecular weight is 398 g/mol. The summed E-state index contributed by atoms with van der Waals surface area (Å²) >= 11 is 0. The molecule has 1 spiro atoms. The van der Waals surface area contributed by atoms with Gasteiger partial charge in [-0.05, 0) is 30.9 Å². The molecule has 4 fully saturated rings. The third-order valence-corrected chi connectivity index (χ3v) is 8.12. The summed E-state index contributed by atoms with van der Waals surface area (Å²) in [6.07, 6.45) is 3.84. The number of fused-ring (bicyclic) bond motifs is 4. The van der Waals surface area contributed by atoms with Crippen molar-refractivity contribution in [2.75, 3.05) is 33.2 Å². The van der Waals surface area contributed by atoms with E-state index in [1.807, 2.05) is 12.1 Å². The van der Waals surface area contributed by atoms with Crippen molar-refractivity contribution in [1.29, 1.82) is 0 Å². The third kappa shape index (κ3) is 1.73. The van der Waals surface area contributed by atoms with E-state index in [1.54, 1.807) is 14.2 Å². The monoisotopic (exact) mass is 398 g/mol. The first kappa shape index (κ1) is 17.6. The van der Waals surface area contributed by atoms with Gasteiger partial charge in [0.15, 0.2) is 17.2 Å². The van der Waals surface area contributed by atoms with Crippen molar-refractivity contribution in [3.63, 3.8) is 0 Å². The van der Waals surface area contributed by atoms with Crippen LogP contribution in [0.1, 0.15) is 25.3 Å². The van der Waals surface area contributed by atoms with Gasteiger partial charge in [0.2, 0.25) is 0 Å². The minimum atomic E-state index is -0.619. The highest BCUT2D eigenvalue weighted by molar-refractivity contribution is 5.82. The van der Waals surface area contributed by atoms with Crippen LogP contribution in [0.3, 0.4) is 0 Å². The van der Waals surface area contributed by atoms with Gasteiger partial charge >= 0.3 is 5.97 Å². The Balaban J connectivity index is 1.64. The van der Waals surface area contributed by atoms with Crippen LogP contribution in [0.4, 0.5) is 5.69 Å². The molecule has 1 aliphatic carbocycles. The molecule has 0 aromatic heterocycles. The standard InChI is InChI=1S/C22H26N2O5/c1-5-11-10-24-17-6-12(11)19(20(25)28-4)21-9-18(24)29-22(17,21)23-14-8-16(27-3)15(26-2)7-13(14)21/h5,7-8,12,17-19,23H,6,9-10H2,1-4H3/b11-5-/t12?,17?,18-,19-,21?,22?/m1/s1. The lowest BCUT2D eigenvalue weighted by Crippen LogP contribution is -2.73. The number of hydrogen-bond donors (Lipinski definition) is 1. The van der Waals surface area contributed by atoms with E-state index < -0.39 is 11.1 Å². The van der Waals surface area contributed by atoms with Crippen molar-refractivity contribution >= 4 is 11.7 Å². The van der Waals surface area contributed by atoms with Gasteiger partial charge in [-0.15, -0.1) is 0 Å². The maximum atomic E-state index is 13.3. The SMILES string of the molecule is C/C=C1/CN2C3CC1[C@H](C(=O)OC)C14C[C@H]2OC31Nc1cc(OC)c(OC)cc14. The van der Waals surface area contributed by atoms with Crippen LogP contribution in [0.25, 0.3) is 0 Å². The zero-order valence-electron chi connectivity index (χ0n) is 17.2. The van der Waals surface area contributed by atoms with E-state index in [9.17, 15) is 4.79 Å². The molecule has 4 bridgehead atoms. The summed E-state index contributed by atoms with van der Waals surface area (Å²) in [7, 11) is 4.77. The van der Waals surface area contributed by atoms with Crippen LogP contribution in [0.2, 0.25) is 0 Å². The van der Waals surface area contributed by atoms with Crippen LogP contribution in [0.15, 0.2) is 23.8 Å². The lowest BCUT2D eigenvalue weighted by atomic mass is 9.49. The second-order valence-electron chi connectivity index (χ2n) is 8.76. The molecule has 1 aromatic rings. The van der Waals surface area contributed by atoms with E-state index in [1.165, 1.54) is 12.7 Å². The van der Waals surface area contributed by atoms with Crippen LogP contribution in [0, 0.1) is 11.8 Å². The molecule has 7 heteroatoms. The van der Waals surface area contributed by atoms with Crippen molar-refractivity contribution in [3.8, 4) is 11.5 Å². The van der Waals surface area contributed by atoms with Crippen LogP contribution in [0.5, 0.6) is 11.5 Å². The summed E-state index contributed by atoms with van der Waals surface area (Å²) in [4.78, 5) is 15.8. The van der Waals surface area contributed by atoms with Gasteiger partial charge in [-0.25, -0.2) is 0 Å². The van der Waals surface area contributed by atoms with Crippen molar-refractivity contribution in [1.82, 2.24) is 4.90 Å². The average Bonchev–Trinajstić information content (AvgIpc) is 3.33. The summed E-state index contributed by atoms with van der Waals surface area (Å²) in [6, 6.07) is 4.24. The quantitative estimate of drug-likeness (QED) is 0.619. The van der Waals surface area contributed by atoms with Gasteiger partial charge in [-0.3, -0.25) is 9.69 Å². The maximum absolute atomic E-state index is 13.3. The zero-order chi connectivity index (χ0) is 20.1. The first-order valence-electron chi connectivity index (χ1n) is 10.3. The Morgan fingerprint density at radius 1 is 1.28 bits per heavy atom. The molecule has 0 amide bonds. The molecule has 7 nitrogen and oxygen atoms in total. The molecule has 4 unspecified atom stereocenters. The molecule has 4 aliphatic heterocycles. The third-order valence-electron chi connectivity index (χ3n) is 8.12. The second kappa shape index (κ2) is 5.46. The molecule has 154 valence electrons. The summed E-state index contributed by atoms with van der Waals surface area (Å²) < 4.78 is 23.3. The highest BCUT2D eigenvalue weighted by atomic mass is 16.6. The Morgan fingerprint density at radius 2 is 2.03 bits per heavy atom. The molecule has 0 radical (unpaired) electrons. The smallest absolute Gasteiger partial charge is 0.310 e. The summed E-state index contributed by atoms with van der Waals surface area (Å²) in [5.74, 6) is 1.05. The fraction of sp³-hybridized carbons (Fsp3) is 0.591. The largest absolute Gasteiger partial charge is 0.493 e. The number of anilines is 1. The molecular weight excluding hydrogens is 372 g/mol. The number of methoxy groups -OCH3 is 3. The number of esters is 1. The number of hydrogen-bond acceptors (Lipinski definition) is 7.